The molecule has 0 aliphatic rings. The van der Waals surface area contributed by atoms with Crippen molar-refractivity contribution in [2.24, 2.45) is 0 Å². The fourth-order valence-corrected chi connectivity index (χ4v) is 4.44. The number of carbonyl (C=O) groups excluding carboxylic acids is 2. The number of nitrogens with zero attached hydrogens (tertiary/aromatic N) is 3. The van der Waals surface area contributed by atoms with Crippen LogP contribution in [0.3, 0.4) is 0 Å². The Hall–Kier alpha value is -1.80. The van der Waals surface area contributed by atoms with E-state index < -0.39 is 37.7 Å². The predicted molar refractivity (Wildman–Crippen MR) is 99.3 cm³/mol. The number of anilines is 1. The molecule has 0 aromatic carbocycles. The van der Waals surface area contributed by atoms with E-state index in [9.17, 15) is 26.4 Å². The molecule has 1 rings (SSSR count). The van der Waals surface area contributed by atoms with Gasteiger partial charge in [0, 0.05) is 13.3 Å². The quantitative estimate of drug-likeness (QED) is 0.406. The summed E-state index contributed by atoms with van der Waals surface area (Å²) in [4.78, 5) is 25.3. The molecule has 0 aliphatic heterocycles. The summed E-state index contributed by atoms with van der Waals surface area (Å²) in [6, 6.07) is -1.96. The topological polar surface area (TPSA) is 153 Å². The van der Waals surface area contributed by atoms with Crippen LogP contribution in [0.2, 0.25) is 0 Å². The van der Waals surface area contributed by atoms with Gasteiger partial charge in [-0.05, 0) is 13.3 Å². The fourth-order valence-electron chi connectivity index (χ4n) is 1.74. The molecular weight excluding hydrogens is 420 g/mol. The predicted octanol–water partition coefficient (Wildman–Crippen LogP) is -0.156. The van der Waals surface area contributed by atoms with Gasteiger partial charge in [0.15, 0.2) is 0 Å². The number of urea groups is 1. The molecule has 1 aromatic rings. The third-order valence-electron chi connectivity index (χ3n) is 3.28. The van der Waals surface area contributed by atoms with Crippen LogP contribution in [0.1, 0.15) is 20.3 Å². The second-order valence-electron chi connectivity index (χ2n) is 5.49. The molecule has 154 valence electrons. The molecule has 0 radical (unpaired) electrons. The molecular formula is C13H22N4O7S3. The van der Waals surface area contributed by atoms with Crippen LogP contribution in [0.15, 0.2) is 4.34 Å². The van der Waals surface area contributed by atoms with Crippen LogP contribution in [0.4, 0.5) is 9.93 Å². The first-order valence-corrected chi connectivity index (χ1v) is 12.4. The van der Waals surface area contributed by atoms with E-state index in [1.807, 2.05) is 0 Å². The summed E-state index contributed by atoms with van der Waals surface area (Å²) in [6.45, 7) is 3.10. The third kappa shape index (κ3) is 7.03. The molecule has 2 amide bonds. The molecule has 0 spiro atoms. The van der Waals surface area contributed by atoms with Crippen molar-refractivity contribution in [3.05, 3.63) is 0 Å². The molecule has 0 bridgehead atoms. The molecule has 1 aromatic heterocycles. The highest BCUT2D eigenvalue weighted by Gasteiger charge is 2.27. The number of esters is 1. The Morgan fingerprint density at radius 1 is 1.22 bits per heavy atom. The number of amides is 2. The molecule has 11 nitrogen and oxygen atoms in total. The largest absolute Gasteiger partial charge is 0.464 e. The van der Waals surface area contributed by atoms with Gasteiger partial charge >= 0.3 is 12.0 Å². The van der Waals surface area contributed by atoms with Gasteiger partial charge in [0.2, 0.25) is 19.3 Å². The Kier molecular flexibility index (Phi) is 8.10. The average molecular weight is 443 g/mol. The lowest BCUT2D eigenvalue weighted by Gasteiger charge is -2.20. The molecule has 0 aliphatic carbocycles. The molecule has 0 fully saturated rings. The molecule has 1 heterocycles. The highest BCUT2D eigenvalue weighted by molar-refractivity contribution is 7.93. The van der Waals surface area contributed by atoms with Crippen LogP contribution in [-0.4, -0.2) is 76.5 Å². The van der Waals surface area contributed by atoms with Crippen LogP contribution in [0, 0.1) is 0 Å². The first-order chi connectivity index (χ1) is 12.4. The number of hydrogen-bond donors (Lipinski definition) is 1. The van der Waals surface area contributed by atoms with Gasteiger partial charge < -0.3 is 10.1 Å². The molecule has 0 saturated heterocycles. The van der Waals surface area contributed by atoms with E-state index in [0.29, 0.717) is 11.3 Å². The summed E-state index contributed by atoms with van der Waals surface area (Å²) >= 11 is 0.707. The summed E-state index contributed by atoms with van der Waals surface area (Å²) < 4.78 is 50.9. The number of sulfone groups is 2. The number of hydrogen-bond acceptors (Lipinski definition) is 10. The smallest absolute Gasteiger partial charge is 0.328 e. The Morgan fingerprint density at radius 3 is 2.37 bits per heavy atom. The minimum absolute atomic E-state index is 0.00486. The van der Waals surface area contributed by atoms with Gasteiger partial charge in [0.25, 0.3) is 0 Å². The third-order valence-corrected chi connectivity index (χ3v) is 7.44. The molecule has 1 N–H and O–H groups in total. The van der Waals surface area contributed by atoms with Crippen molar-refractivity contribution in [3.63, 3.8) is 0 Å². The number of carbonyl (C=O) groups is 2. The second kappa shape index (κ2) is 9.41. The summed E-state index contributed by atoms with van der Waals surface area (Å²) in [6.07, 6.45) is 0.850. The van der Waals surface area contributed by atoms with E-state index in [1.165, 1.54) is 14.0 Å². The van der Waals surface area contributed by atoms with Crippen molar-refractivity contribution in [2.45, 2.75) is 30.6 Å². The first-order valence-electron chi connectivity index (χ1n) is 7.86. The van der Waals surface area contributed by atoms with Gasteiger partial charge in [-0.3, -0.25) is 4.90 Å². The highest BCUT2D eigenvalue weighted by atomic mass is 32.2. The lowest BCUT2D eigenvalue weighted by atomic mass is 10.2. The van der Waals surface area contributed by atoms with Crippen molar-refractivity contribution in [3.8, 4) is 0 Å². The number of nitrogens with one attached hydrogen (secondary N) is 1. The normalized spacial score (nSPS) is 13.0. The van der Waals surface area contributed by atoms with Crippen LogP contribution in [-0.2, 0) is 29.2 Å². The summed E-state index contributed by atoms with van der Waals surface area (Å²) in [5.74, 6) is -1.25. The molecule has 1 atom stereocenters. The van der Waals surface area contributed by atoms with Crippen molar-refractivity contribution < 1.29 is 31.2 Å². The summed E-state index contributed by atoms with van der Waals surface area (Å²) in [7, 11) is -5.59. The maximum absolute atomic E-state index is 12.4. The SMILES string of the molecule is CCOC(=O)C(CCS(C)(=O)=O)NC(=O)N(C)c1nnc(S(=O)(=O)CC)s1. The zero-order chi connectivity index (χ0) is 20.8. The van der Waals surface area contributed by atoms with E-state index in [0.717, 1.165) is 11.2 Å². The van der Waals surface area contributed by atoms with Crippen LogP contribution in [0.25, 0.3) is 0 Å². The molecule has 1 unspecified atom stereocenters. The maximum Gasteiger partial charge on any atom is 0.328 e. The number of ether oxygens (including phenoxy) is 1. The average Bonchev–Trinajstić information content (AvgIpc) is 3.07. The first kappa shape index (κ1) is 23.2. The second-order valence-corrected chi connectivity index (χ2v) is 11.2. The Labute approximate surface area is 161 Å². The Bertz CT molecular complexity index is 879. The number of aromatic nitrogens is 2. The minimum Gasteiger partial charge on any atom is -0.464 e. The van der Waals surface area contributed by atoms with Crippen molar-refractivity contribution in [2.75, 3.05) is 36.3 Å². The van der Waals surface area contributed by atoms with E-state index in [1.54, 1.807) is 6.92 Å². The zero-order valence-corrected chi connectivity index (χ0v) is 17.8. The van der Waals surface area contributed by atoms with Crippen LogP contribution in [0.5, 0.6) is 0 Å². The van der Waals surface area contributed by atoms with Gasteiger partial charge in [-0.15, -0.1) is 10.2 Å². The van der Waals surface area contributed by atoms with Gasteiger partial charge in [-0.25, -0.2) is 26.4 Å². The number of rotatable bonds is 9. The molecule has 0 saturated carbocycles. The minimum atomic E-state index is -3.56. The van der Waals surface area contributed by atoms with Gasteiger partial charge in [0.1, 0.15) is 15.9 Å². The van der Waals surface area contributed by atoms with Gasteiger partial charge in [0.05, 0.1) is 18.1 Å². The van der Waals surface area contributed by atoms with E-state index >= 15 is 0 Å². The summed E-state index contributed by atoms with van der Waals surface area (Å²) in [5, 5.41) is 9.61. The lowest BCUT2D eigenvalue weighted by molar-refractivity contribution is -0.145. The lowest BCUT2D eigenvalue weighted by Crippen LogP contribution is -2.48. The standard InChI is InChI=1S/C13H22N4O7S3/c1-5-24-10(18)9(7-8-26(4,20)21)14-11(19)17(3)12-15-16-13(25-12)27(22,23)6-2/h9H,5-8H2,1-4H3,(H,14,19). The van der Waals surface area contributed by atoms with Crippen molar-refractivity contribution in [1.29, 1.82) is 0 Å². The fraction of sp³-hybridized carbons (Fsp3) is 0.692. The van der Waals surface area contributed by atoms with Crippen molar-refractivity contribution in [1.82, 2.24) is 15.5 Å². The van der Waals surface area contributed by atoms with Crippen LogP contribution < -0.4 is 10.2 Å². The Balaban J connectivity index is 2.92. The van der Waals surface area contributed by atoms with Crippen molar-refractivity contribution >= 4 is 48.1 Å². The van der Waals surface area contributed by atoms with E-state index in [4.69, 9.17) is 4.74 Å². The molecule has 27 heavy (non-hydrogen) atoms. The van der Waals surface area contributed by atoms with Crippen LogP contribution >= 0.6 is 11.3 Å². The van der Waals surface area contributed by atoms with E-state index in [2.05, 4.69) is 15.5 Å². The Morgan fingerprint density at radius 2 is 1.85 bits per heavy atom. The zero-order valence-electron chi connectivity index (χ0n) is 15.3. The molecule has 14 heteroatoms. The highest BCUT2D eigenvalue weighted by Crippen LogP contribution is 2.23. The maximum atomic E-state index is 12.4. The summed E-state index contributed by atoms with van der Waals surface area (Å²) in [5.41, 5.74) is 0. The monoisotopic (exact) mass is 442 g/mol. The van der Waals surface area contributed by atoms with E-state index in [-0.39, 0.29) is 34.0 Å². The van der Waals surface area contributed by atoms with Gasteiger partial charge in [-0.1, -0.05) is 18.3 Å². The van der Waals surface area contributed by atoms with Gasteiger partial charge in [-0.2, -0.15) is 0 Å².